The van der Waals surface area contributed by atoms with Gasteiger partial charge in [0.1, 0.15) is 11.5 Å². The Balaban J connectivity index is 1.66. The van der Waals surface area contributed by atoms with Crippen LogP contribution in [0.25, 0.3) is 0 Å². The largest absolute Gasteiger partial charge is 0.484 e. The molecule has 1 amide bonds. The molecule has 1 aromatic carbocycles. The monoisotopic (exact) mass is 343 g/mol. The molecular formula is C17H14FN3O2S. The third kappa shape index (κ3) is 3.75. The molecule has 24 heavy (non-hydrogen) atoms. The minimum Gasteiger partial charge on any atom is -0.484 e. The second kappa shape index (κ2) is 7.18. The molecule has 7 heteroatoms. The standard InChI is InChI=1S/C17H14FN3O2S/c1-11-16(24-10-20-11)17(22)21-12-5-6-15(14(18)8-12)23-9-13-4-2-3-7-19-13/h2-8,10H,9H2,1H3,(H,21,22). The number of carbonyl (C=O) groups is 1. The number of anilines is 1. The van der Waals surface area contributed by atoms with Crippen molar-refractivity contribution in [3.8, 4) is 5.75 Å². The molecule has 122 valence electrons. The molecule has 0 aliphatic heterocycles. The number of hydrogen-bond donors (Lipinski definition) is 1. The van der Waals surface area contributed by atoms with Crippen molar-refractivity contribution in [2.45, 2.75) is 13.5 Å². The van der Waals surface area contributed by atoms with Gasteiger partial charge < -0.3 is 10.1 Å². The summed E-state index contributed by atoms with van der Waals surface area (Å²) in [5.41, 5.74) is 3.30. The van der Waals surface area contributed by atoms with Gasteiger partial charge in [0.15, 0.2) is 11.6 Å². The fourth-order valence-corrected chi connectivity index (χ4v) is 2.74. The summed E-state index contributed by atoms with van der Waals surface area (Å²) in [6.07, 6.45) is 1.65. The minimum atomic E-state index is -0.551. The van der Waals surface area contributed by atoms with Crippen LogP contribution in [0.3, 0.4) is 0 Å². The van der Waals surface area contributed by atoms with Gasteiger partial charge in [-0.1, -0.05) is 6.07 Å². The van der Waals surface area contributed by atoms with Crippen LogP contribution >= 0.6 is 11.3 Å². The van der Waals surface area contributed by atoms with Gasteiger partial charge in [-0.3, -0.25) is 9.78 Å². The molecule has 0 atom stereocenters. The molecule has 3 aromatic rings. The zero-order valence-electron chi connectivity index (χ0n) is 12.8. The van der Waals surface area contributed by atoms with E-state index in [-0.39, 0.29) is 18.3 Å². The molecule has 0 bridgehead atoms. The average Bonchev–Trinajstić information content (AvgIpc) is 3.01. The Morgan fingerprint density at radius 1 is 1.29 bits per heavy atom. The summed E-state index contributed by atoms with van der Waals surface area (Å²) in [6.45, 7) is 1.92. The van der Waals surface area contributed by atoms with Gasteiger partial charge in [-0.2, -0.15) is 0 Å². The maximum atomic E-state index is 14.1. The highest BCUT2D eigenvalue weighted by Gasteiger charge is 2.13. The topological polar surface area (TPSA) is 64.1 Å². The third-order valence-electron chi connectivity index (χ3n) is 3.24. The van der Waals surface area contributed by atoms with Crippen LogP contribution in [0.2, 0.25) is 0 Å². The van der Waals surface area contributed by atoms with Crippen molar-refractivity contribution in [1.29, 1.82) is 0 Å². The Bertz CT molecular complexity index is 852. The number of benzene rings is 1. The predicted molar refractivity (Wildman–Crippen MR) is 89.8 cm³/mol. The summed E-state index contributed by atoms with van der Waals surface area (Å²) in [5, 5.41) is 2.65. The zero-order chi connectivity index (χ0) is 16.9. The number of hydrogen-bond acceptors (Lipinski definition) is 5. The van der Waals surface area contributed by atoms with E-state index >= 15 is 0 Å². The summed E-state index contributed by atoms with van der Waals surface area (Å²) in [7, 11) is 0. The van der Waals surface area contributed by atoms with E-state index in [4.69, 9.17) is 4.74 Å². The highest BCUT2D eigenvalue weighted by Crippen LogP contribution is 2.23. The van der Waals surface area contributed by atoms with Crippen molar-refractivity contribution in [3.63, 3.8) is 0 Å². The maximum absolute atomic E-state index is 14.1. The van der Waals surface area contributed by atoms with E-state index in [1.807, 2.05) is 6.07 Å². The first-order valence-electron chi connectivity index (χ1n) is 7.17. The number of amides is 1. The van der Waals surface area contributed by atoms with Crippen LogP contribution in [0.1, 0.15) is 21.1 Å². The second-order valence-electron chi connectivity index (χ2n) is 4.98. The summed E-state index contributed by atoms with van der Waals surface area (Å²) < 4.78 is 19.5. The van der Waals surface area contributed by atoms with E-state index in [0.29, 0.717) is 22.0 Å². The van der Waals surface area contributed by atoms with Gasteiger partial charge in [-0.25, -0.2) is 9.37 Å². The summed E-state index contributed by atoms with van der Waals surface area (Å²) >= 11 is 1.24. The number of nitrogens with one attached hydrogen (secondary N) is 1. The highest BCUT2D eigenvalue weighted by atomic mass is 32.1. The lowest BCUT2D eigenvalue weighted by molar-refractivity contribution is 0.103. The number of thiazole rings is 1. The lowest BCUT2D eigenvalue weighted by atomic mass is 10.2. The van der Waals surface area contributed by atoms with E-state index in [1.165, 1.54) is 23.5 Å². The SMILES string of the molecule is Cc1ncsc1C(=O)Nc1ccc(OCc2ccccn2)c(F)c1. The Morgan fingerprint density at radius 3 is 2.83 bits per heavy atom. The van der Waals surface area contributed by atoms with Crippen molar-refractivity contribution >= 4 is 22.9 Å². The lowest BCUT2D eigenvalue weighted by Crippen LogP contribution is -2.11. The Labute approximate surface area is 142 Å². The minimum absolute atomic E-state index is 0.104. The molecule has 0 spiro atoms. The molecule has 5 nitrogen and oxygen atoms in total. The predicted octanol–water partition coefficient (Wildman–Crippen LogP) is 3.82. The molecule has 0 unspecified atom stereocenters. The van der Waals surface area contributed by atoms with Crippen molar-refractivity contribution in [2.24, 2.45) is 0 Å². The first-order valence-corrected chi connectivity index (χ1v) is 8.05. The van der Waals surface area contributed by atoms with Gasteiger partial charge in [0.2, 0.25) is 0 Å². The number of nitrogens with zero attached hydrogens (tertiary/aromatic N) is 2. The molecule has 0 saturated carbocycles. The van der Waals surface area contributed by atoms with Crippen molar-refractivity contribution in [3.05, 3.63) is 70.2 Å². The first kappa shape index (κ1) is 16.1. The quantitative estimate of drug-likeness (QED) is 0.765. The molecule has 0 saturated heterocycles. The second-order valence-corrected chi connectivity index (χ2v) is 5.83. The summed E-state index contributed by atoms with van der Waals surface area (Å²) in [4.78, 5) is 20.7. The van der Waals surface area contributed by atoms with Crippen LogP contribution in [0.5, 0.6) is 5.75 Å². The van der Waals surface area contributed by atoms with E-state index in [1.54, 1.807) is 36.8 Å². The van der Waals surface area contributed by atoms with Crippen LogP contribution in [-0.4, -0.2) is 15.9 Å². The van der Waals surface area contributed by atoms with Gasteiger partial charge in [-0.05, 0) is 31.2 Å². The number of rotatable bonds is 5. The Kier molecular flexibility index (Phi) is 4.81. The average molecular weight is 343 g/mol. The Hall–Kier alpha value is -2.80. The zero-order valence-corrected chi connectivity index (χ0v) is 13.6. The van der Waals surface area contributed by atoms with E-state index in [9.17, 15) is 9.18 Å². The third-order valence-corrected chi connectivity index (χ3v) is 4.17. The highest BCUT2D eigenvalue weighted by molar-refractivity contribution is 7.12. The molecule has 2 aromatic heterocycles. The van der Waals surface area contributed by atoms with Gasteiger partial charge in [0, 0.05) is 18.0 Å². The van der Waals surface area contributed by atoms with E-state index in [2.05, 4.69) is 15.3 Å². The molecule has 0 aliphatic rings. The van der Waals surface area contributed by atoms with Crippen LogP contribution in [0.15, 0.2) is 48.1 Å². The molecule has 3 rings (SSSR count). The molecule has 0 fully saturated rings. The van der Waals surface area contributed by atoms with Gasteiger partial charge >= 0.3 is 0 Å². The van der Waals surface area contributed by atoms with Crippen LogP contribution in [-0.2, 0) is 6.61 Å². The molecule has 0 radical (unpaired) electrons. The number of aryl methyl sites for hydroxylation is 1. The Morgan fingerprint density at radius 2 is 2.17 bits per heavy atom. The summed E-state index contributed by atoms with van der Waals surface area (Å²) in [6, 6.07) is 9.72. The van der Waals surface area contributed by atoms with Crippen LogP contribution < -0.4 is 10.1 Å². The smallest absolute Gasteiger partial charge is 0.267 e. The summed E-state index contributed by atoms with van der Waals surface area (Å²) in [5.74, 6) is -0.756. The fraction of sp³-hybridized carbons (Fsp3) is 0.118. The van der Waals surface area contributed by atoms with E-state index in [0.717, 1.165) is 0 Å². The number of pyridine rings is 1. The number of carbonyl (C=O) groups excluding carboxylic acids is 1. The van der Waals surface area contributed by atoms with Crippen molar-refractivity contribution in [1.82, 2.24) is 9.97 Å². The van der Waals surface area contributed by atoms with Crippen LogP contribution in [0, 0.1) is 12.7 Å². The normalized spacial score (nSPS) is 10.4. The fourth-order valence-electron chi connectivity index (χ4n) is 2.04. The van der Waals surface area contributed by atoms with Gasteiger partial charge in [0.05, 0.1) is 16.9 Å². The number of halogens is 1. The van der Waals surface area contributed by atoms with E-state index < -0.39 is 5.82 Å². The lowest BCUT2D eigenvalue weighted by Gasteiger charge is -2.09. The van der Waals surface area contributed by atoms with Crippen molar-refractivity contribution in [2.75, 3.05) is 5.32 Å². The number of aromatic nitrogens is 2. The maximum Gasteiger partial charge on any atom is 0.267 e. The molecule has 0 aliphatic carbocycles. The molecule has 1 N–H and O–H groups in total. The van der Waals surface area contributed by atoms with Gasteiger partial charge in [-0.15, -0.1) is 11.3 Å². The van der Waals surface area contributed by atoms with Crippen LogP contribution in [0.4, 0.5) is 10.1 Å². The molecule has 2 heterocycles. The van der Waals surface area contributed by atoms with Gasteiger partial charge in [0.25, 0.3) is 5.91 Å². The van der Waals surface area contributed by atoms with Crippen molar-refractivity contribution < 1.29 is 13.9 Å². The molecular weight excluding hydrogens is 329 g/mol. The first-order chi connectivity index (χ1) is 11.6. The number of ether oxygens (including phenoxy) is 1.